The van der Waals surface area contributed by atoms with E-state index in [9.17, 15) is 14.9 Å². The molecule has 0 aliphatic heterocycles. The molecule has 1 heterocycles. The zero-order valence-electron chi connectivity index (χ0n) is 13.8. The Hall–Kier alpha value is -2.58. The number of aryl methyl sites for hydroxylation is 1. The van der Waals surface area contributed by atoms with Crippen molar-refractivity contribution in [2.24, 2.45) is 0 Å². The molecule has 0 radical (unpaired) electrons. The molecule has 0 spiro atoms. The molecule has 0 saturated heterocycles. The molecule has 7 nitrogen and oxygen atoms in total. The molecule has 26 heavy (non-hydrogen) atoms. The minimum atomic E-state index is -0.578. The highest BCUT2D eigenvalue weighted by atomic mass is 35.5. The van der Waals surface area contributed by atoms with E-state index in [4.69, 9.17) is 11.6 Å². The maximum atomic E-state index is 12.2. The topological polar surface area (TPSA) is 90.1 Å². The second-order valence-corrected chi connectivity index (χ2v) is 6.76. The van der Waals surface area contributed by atoms with Gasteiger partial charge in [-0.25, -0.2) is 4.98 Å². The Morgan fingerprint density at radius 3 is 2.85 bits per heavy atom. The Bertz CT molecular complexity index is 989. The third kappa shape index (κ3) is 3.81. The van der Waals surface area contributed by atoms with E-state index < -0.39 is 4.92 Å². The summed E-state index contributed by atoms with van der Waals surface area (Å²) in [6.45, 7) is 2.74. The zero-order valence-corrected chi connectivity index (χ0v) is 15.4. The average Bonchev–Trinajstić information content (AvgIpc) is 2.98. The van der Waals surface area contributed by atoms with E-state index in [-0.39, 0.29) is 28.1 Å². The number of para-hydroxylation sites is 2. The number of thioether (sulfide) groups is 1. The van der Waals surface area contributed by atoms with Gasteiger partial charge in [-0.15, -0.1) is 0 Å². The van der Waals surface area contributed by atoms with Gasteiger partial charge in [-0.3, -0.25) is 14.9 Å². The van der Waals surface area contributed by atoms with Crippen LogP contribution in [0.5, 0.6) is 0 Å². The summed E-state index contributed by atoms with van der Waals surface area (Å²) in [5, 5.41) is 14.6. The van der Waals surface area contributed by atoms with Crippen LogP contribution in [0, 0.1) is 10.1 Å². The molecule has 2 aromatic carbocycles. The van der Waals surface area contributed by atoms with Crippen LogP contribution in [0.15, 0.2) is 47.6 Å². The summed E-state index contributed by atoms with van der Waals surface area (Å²) < 4.78 is 2.03. The van der Waals surface area contributed by atoms with E-state index in [1.807, 2.05) is 35.8 Å². The van der Waals surface area contributed by atoms with E-state index in [0.29, 0.717) is 0 Å². The maximum Gasteiger partial charge on any atom is 0.294 e. The minimum absolute atomic E-state index is 0.0864. The fraction of sp³-hybridized carbons (Fsp3) is 0.176. The molecular weight excluding hydrogens is 376 g/mol. The lowest BCUT2D eigenvalue weighted by atomic mass is 10.2. The summed E-state index contributed by atoms with van der Waals surface area (Å²) in [6.07, 6.45) is 0. The first kappa shape index (κ1) is 18.2. The second kappa shape index (κ2) is 7.76. The highest BCUT2D eigenvalue weighted by molar-refractivity contribution is 7.99. The maximum absolute atomic E-state index is 12.2. The van der Waals surface area contributed by atoms with Crippen LogP contribution in [0.25, 0.3) is 11.0 Å². The molecule has 0 aliphatic carbocycles. The fourth-order valence-corrected chi connectivity index (χ4v) is 3.59. The van der Waals surface area contributed by atoms with Crippen molar-refractivity contribution in [2.75, 3.05) is 11.1 Å². The molecule has 9 heteroatoms. The Morgan fingerprint density at radius 1 is 1.35 bits per heavy atom. The number of hydrogen-bond acceptors (Lipinski definition) is 5. The van der Waals surface area contributed by atoms with Crippen LogP contribution >= 0.6 is 23.4 Å². The predicted octanol–water partition coefficient (Wildman–Crippen LogP) is 4.35. The first-order chi connectivity index (χ1) is 12.5. The van der Waals surface area contributed by atoms with Crippen molar-refractivity contribution in [2.45, 2.75) is 18.6 Å². The zero-order chi connectivity index (χ0) is 18.7. The van der Waals surface area contributed by atoms with Crippen molar-refractivity contribution in [3.8, 4) is 0 Å². The van der Waals surface area contributed by atoms with E-state index in [2.05, 4.69) is 10.3 Å². The number of halogens is 1. The lowest BCUT2D eigenvalue weighted by Crippen LogP contribution is -2.15. The standard InChI is InChI=1S/C17H15ClN4O3S/c1-2-21-14-6-4-3-5-12(14)20-17(21)26-10-16(23)19-13-8-7-11(18)9-15(13)22(24)25/h3-9H,2,10H2,1H3,(H,19,23). The summed E-state index contributed by atoms with van der Waals surface area (Å²) in [7, 11) is 0. The van der Waals surface area contributed by atoms with Gasteiger partial charge >= 0.3 is 0 Å². The van der Waals surface area contributed by atoms with Gasteiger partial charge in [0.15, 0.2) is 5.16 Å². The number of benzene rings is 2. The van der Waals surface area contributed by atoms with Crippen molar-refractivity contribution in [3.05, 3.63) is 57.6 Å². The normalized spacial score (nSPS) is 10.8. The van der Waals surface area contributed by atoms with Crippen LogP contribution in [0.4, 0.5) is 11.4 Å². The van der Waals surface area contributed by atoms with Crippen LogP contribution < -0.4 is 5.32 Å². The van der Waals surface area contributed by atoms with Gasteiger partial charge in [0.25, 0.3) is 5.69 Å². The third-order valence-electron chi connectivity index (χ3n) is 3.70. The molecule has 1 N–H and O–H groups in total. The monoisotopic (exact) mass is 390 g/mol. The number of hydrogen-bond donors (Lipinski definition) is 1. The number of rotatable bonds is 6. The highest BCUT2D eigenvalue weighted by Crippen LogP contribution is 2.28. The van der Waals surface area contributed by atoms with Crippen LogP contribution in [0.3, 0.4) is 0 Å². The van der Waals surface area contributed by atoms with E-state index in [1.165, 1.54) is 30.0 Å². The van der Waals surface area contributed by atoms with Crippen molar-refractivity contribution < 1.29 is 9.72 Å². The Morgan fingerprint density at radius 2 is 2.12 bits per heavy atom. The largest absolute Gasteiger partial charge is 0.320 e. The molecule has 0 saturated carbocycles. The quantitative estimate of drug-likeness (QED) is 0.384. The van der Waals surface area contributed by atoms with Crippen LogP contribution in [0.2, 0.25) is 5.02 Å². The minimum Gasteiger partial charge on any atom is -0.320 e. The number of nitro groups is 1. The summed E-state index contributed by atoms with van der Waals surface area (Å²) in [6, 6.07) is 11.9. The molecular formula is C17H15ClN4O3S. The number of nitro benzene ring substituents is 1. The van der Waals surface area contributed by atoms with Crippen molar-refractivity contribution >= 4 is 51.7 Å². The Kier molecular flexibility index (Phi) is 5.43. The van der Waals surface area contributed by atoms with Gasteiger partial charge in [0.05, 0.1) is 21.7 Å². The summed E-state index contributed by atoms with van der Waals surface area (Å²) in [5.74, 6) is -0.265. The predicted molar refractivity (Wildman–Crippen MR) is 103 cm³/mol. The smallest absolute Gasteiger partial charge is 0.294 e. The first-order valence-corrected chi connectivity index (χ1v) is 9.17. The molecule has 3 rings (SSSR count). The summed E-state index contributed by atoms with van der Waals surface area (Å²) >= 11 is 7.06. The van der Waals surface area contributed by atoms with Gasteiger partial charge in [-0.2, -0.15) is 0 Å². The SMILES string of the molecule is CCn1c(SCC(=O)Nc2ccc(Cl)cc2[N+](=O)[O-])nc2ccccc21. The first-order valence-electron chi connectivity index (χ1n) is 7.81. The van der Waals surface area contributed by atoms with Crippen molar-refractivity contribution in [1.29, 1.82) is 0 Å². The number of carbonyl (C=O) groups is 1. The van der Waals surface area contributed by atoms with E-state index >= 15 is 0 Å². The van der Waals surface area contributed by atoms with Crippen molar-refractivity contribution in [3.63, 3.8) is 0 Å². The third-order valence-corrected chi connectivity index (χ3v) is 4.91. The number of nitrogens with one attached hydrogen (secondary N) is 1. The number of aromatic nitrogens is 2. The Balaban J connectivity index is 1.73. The van der Waals surface area contributed by atoms with Gasteiger partial charge in [0.2, 0.25) is 5.91 Å². The molecule has 0 bridgehead atoms. The number of anilines is 1. The van der Waals surface area contributed by atoms with Crippen LogP contribution in [0.1, 0.15) is 6.92 Å². The highest BCUT2D eigenvalue weighted by Gasteiger charge is 2.17. The van der Waals surface area contributed by atoms with Crippen LogP contribution in [-0.4, -0.2) is 26.1 Å². The van der Waals surface area contributed by atoms with E-state index in [0.717, 1.165) is 22.7 Å². The number of nitrogens with zero attached hydrogens (tertiary/aromatic N) is 3. The molecule has 0 aliphatic rings. The summed E-state index contributed by atoms with van der Waals surface area (Å²) in [4.78, 5) is 27.3. The number of fused-ring (bicyclic) bond motifs is 1. The number of carbonyl (C=O) groups excluding carboxylic acids is 1. The lowest BCUT2D eigenvalue weighted by molar-refractivity contribution is -0.383. The number of amides is 1. The summed E-state index contributed by atoms with van der Waals surface area (Å²) in [5.41, 5.74) is 1.75. The molecule has 0 unspecified atom stereocenters. The molecule has 1 aromatic heterocycles. The average molecular weight is 391 g/mol. The van der Waals surface area contributed by atoms with E-state index in [1.54, 1.807) is 0 Å². The lowest BCUT2D eigenvalue weighted by Gasteiger charge is -2.07. The molecule has 3 aromatic rings. The second-order valence-electron chi connectivity index (χ2n) is 5.38. The van der Waals surface area contributed by atoms with Gasteiger partial charge < -0.3 is 9.88 Å². The van der Waals surface area contributed by atoms with Crippen LogP contribution in [-0.2, 0) is 11.3 Å². The van der Waals surface area contributed by atoms with Gasteiger partial charge in [0, 0.05) is 17.6 Å². The molecule has 134 valence electrons. The fourth-order valence-electron chi connectivity index (χ4n) is 2.55. The van der Waals surface area contributed by atoms with Crippen molar-refractivity contribution in [1.82, 2.24) is 9.55 Å². The van der Waals surface area contributed by atoms with Gasteiger partial charge in [-0.05, 0) is 31.2 Å². The van der Waals surface area contributed by atoms with Gasteiger partial charge in [0.1, 0.15) is 5.69 Å². The molecule has 0 atom stereocenters. The van der Waals surface area contributed by atoms with Gasteiger partial charge in [-0.1, -0.05) is 35.5 Å². The molecule has 1 amide bonds. The Labute approximate surface area is 158 Å². The molecule has 0 fully saturated rings. The number of imidazole rings is 1.